The van der Waals surface area contributed by atoms with E-state index in [9.17, 15) is 4.79 Å². The van der Waals surface area contributed by atoms with E-state index >= 15 is 0 Å². The quantitative estimate of drug-likeness (QED) is 0.634. The Morgan fingerprint density at radius 3 is 2.35 bits per heavy atom. The Kier molecular flexibility index (Phi) is 5.07. The van der Waals surface area contributed by atoms with E-state index in [0.29, 0.717) is 10.7 Å². The fourth-order valence-electron chi connectivity index (χ4n) is 1.67. The van der Waals surface area contributed by atoms with Crippen LogP contribution in [0.25, 0.3) is 0 Å². The van der Waals surface area contributed by atoms with Crippen molar-refractivity contribution < 1.29 is 4.79 Å². The minimum Gasteiger partial charge on any atom is -0.308 e. The van der Waals surface area contributed by atoms with Crippen molar-refractivity contribution >= 4 is 60.9 Å². The second kappa shape index (κ2) is 6.61. The number of urea groups is 1. The molecule has 2 aromatic rings. The van der Waals surface area contributed by atoms with Crippen molar-refractivity contribution in [3.05, 3.63) is 55.9 Å². The maximum absolute atomic E-state index is 12.0. The zero-order valence-corrected chi connectivity index (χ0v) is 14.4. The SMILES string of the molecule is Cc1cc(Br)cc(Br)c1NC(=O)Nc1ccc(Cl)cc1. The first-order valence-corrected chi connectivity index (χ1v) is 7.71. The van der Waals surface area contributed by atoms with E-state index in [0.717, 1.165) is 20.2 Å². The summed E-state index contributed by atoms with van der Waals surface area (Å²) >= 11 is 12.6. The molecule has 0 aliphatic heterocycles. The fourth-order valence-corrected chi connectivity index (χ4v) is 3.33. The van der Waals surface area contributed by atoms with E-state index in [-0.39, 0.29) is 6.03 Å². The van der Waals surface area contributed by atoms with E-state index in [4.69, 9.17) is 11.6 Å². The molecule has 104 valence electrons. The van der Waals surface area contributed by atoms with Gasteiger partial charge in [0.25, 0.3) is 0 Å². The highest BCUT2D eigenvalue weighted by Crippen LogP contribution is 2.30. The van der Waals surface area contributed by atoms with Crippen LogP contribution in [0, 0.1) is 6.92 Å². The van der Waals surface area contributed by atoms with Crippen LogP contribution in [-0.2, 0) is 0 Å². The minimum absolute atomic E-state index is 0.307. The van der Waals surface area contributed by atoms with Crippen molar-refractivity contribution in [2.24, 2.45) is 0 Å². The number of carbonyl (C=O) groups excluding carboxylic acids is 1. The molecule has 0 aliphatic carbocycles. The van der Waals surface area contributed by atoms with Gasteiger partial charge in [-0.15, -0.1) is 0 Å². The number of aryl methyl sites for hydroxylation is 1. The summed E-state index contributed by atoms with van der Waals surface area (Å²) in [6.45, 7) is 1.92. The normalized spacial score (nSPS) is 10.2. The molecular formula is C14H11Br2ClN2O. The van der Waals surface area contributed by atoms with Gasteiger partial charge in [-0.3, -0.25) is 0 Å². The number of hydrogen-bond donors (Lipinski definition) is 2. The smallest absolute Gasteiger partial charge is 0.308 e. The number of hydrogen-bond acceptors (Lipinski definition) is 1. The molecule has 0 saturated heterocycles. The van der Waals surface area contributed by atoms with Crippen molar-refractivity contribution in [1.82, 2.24) is 0 Å². The summed E-state index contributed by atoms with van der Waals surface area (Å²) in [7, 11) is 0. The lowest BCUT2D eigenvalue weighted by Gasteiger charge is -2.12. The average molecular weight is 419 g/mol. The highest BCUT2D eigenvalue weighted by Gasteiger charge is 2.09. The summed E-state index contributed by atoms with van der Waals surface area (Å²) in [4.78, 5) is 12.0. The van der Waals surface area contributed by atoms with Crippen LogP contribution in [0.3, 0.4) is 0 Å². The summed E-state index contributed by atoms with van der Waals surface area (Å²) in [6.07, 6.45) is 0. The number of halogens is 3. The predicted molar refractivity (Wildman–Crippen MR) is 90.7 cm³/mol. The molecule has 2 N–H and O–H groups in total. The van der Waals surface area contributed by atoms with Gasteiger partial charge >= 0.3 is 6.03 Å². The Hall–Kier alpha value is -1.04. The lowest BCUT2D eigenvalue weighted by atomic mass is 10.2. The Morgan fingerprint density at radius 2 is 1.75 bits per heavy atom. The van der Waals surface area contributed by atoms with Crippen LogP contribution in [0.4, 0.5) is 16.2 Å². The Morgan fingerprint density at radius 1 is 1.10 bits per heavy atom. The second-order valence-electron chi connectivity index (χ2n) is 4.17. The molecule has 0 saturated carbocycles. The van der Waals surface area contributed by atoms with E-state index in [1.54, 1.807) is 24.3 Å². The standard InChI is InChI=1S/C14H11Br2ClN2O/c1-8-6-9(15)7-12(16)13(8)19-14(20)18-11-4-2-10(17)3-5-11/h2-7H,1H3,(H2,18,19,20). The lowest BCUT2D eigenvalue weighted by molar-refractivity contribution is 0.262. The molecule has 3 nitrogen and oxygen atoms in total. The van der Waals surface area contributed by atoms with Gasteiger partial charge < -0.3 is 10.6 Å². The topological polar surface area (TPSA) is 41.1 Å². The number of amides is 2. The Labute approximate surface area is 139 Å². The highest BCUT2D eigenvalue weighted by molar-refractivity contribution is 9.11. The summed E-state index contributed by atoms with van der Waals surface area (Å²) in [5.41, 5.74) is 2.37. The molecule has 0 atom stereocenters. The predicted octanol–water partition coefficient (Wildman–Crippen LogP) is 5.82. The zero-order chi connectivity index (χ0) is 14.7. The van der Waals surface area contributed by atoms with Gasteiger partial charge in [-0.1, -0.05) is 27.5 Å². The molecule has 0 fully saturated rings. The van der Waals surface area contributed by atoms with Gasteiger partial charge in [0.05, 0.1) is 5.69 Å². The first-order valence-electron chi connectivity index (χ1n) is 5.75. The zero-order valence-electron chi connectivity index (χ0n) is 10.5. The van der Waals surface area contributed by atoms with Crippen molar-refractivity contribution in [3.8, 4) is 0 Å². The molecule has 0 aromatic heterocycles. The van der Waals surface area contributed by atoms with Crippen molar-refractivity contribution in [3.63, 3.8) is 0 Å². The molecule has 2 rings (SSSR count). The van der Waals surface area contributed by atoms with Crippen LogP contribution >= 0.6 is 43.5 Å². The highest BCUT2D eigenvalue weighted by atomic mass is 79.9. The molecule has 0 radical (unpaired) electrons. The maximum Gasteiger partial charge on any atom is 0.323 e. The summed E-state index contributed by atoms with van der Waals surface area (Å²) in [5, 5.41) is 6.19. The molecule has 0 aliphatic rings. The van der Waals surface area contributed by atoms with Crippen molar-refractivity contribution in [2.45, 2.75) is 6.92 Å². The van der Waals surface area contributed by atoms with Crippen LogP contribution in [0.5, 0.6) is 0 Å². The van der Waals surface area contributed by atoms with Gasteiger partial charge in [-0.25, -0.2) is 4.79 Å². The summed E-state index contributed by atoms with van der Waals surface area (Å²) < 4.78 is 1.76. The van der Waals surface area contributed by atoms with E-state index in [1.807, 2.05) is 19.1 Å². The molecule has 0 bridgehead atoms. The van der Waals surface area contributed by atoms with Crippen molar-refractivity contribution in [1.29, 1.82) is 0 Å². The van der Waals surface area contributed by atoms with E-state index in [1.165, 1.54) is 0 Å². The third kappa shape index (κ3) is 3.98. The minimum atomic E-state index is -0.307. The largest absolute Gasteiger partial charge is 0.323 e. The maximum atomic E-state index is 12.0. The number of benzene rings is 2. The monoisotopic (exact) mass is 416 g/mol. The van der Waals surface area contributed by atoms with Gasteiger partial charge in [-0.05, 0) is 64.8 Å². The van der Waals surface area contributed by atoms with E-state index < -0.39 is 0 Å². The van der Waals surface area contributed by atoms with Crippen LogP contribution < -0.4 is 10.6 Å². The lowest BCUT2D eigenvalue weighted by Crippen LogP contribution is -2.20. The van der Waals surface area contributed by atoms with Crippen LogP contribution in [-0.4, -0.2) is 6.03 Å². The molecular weight excluding hydrogens is 407 g/mol. The van der Waals surface area contributed by atoms with Crippen LogP contribution in [0.2, 0.25) is 5.02 Å². The van der Waals surface area contributed by atoms with Crippen LogP contribution in [0.1, 0.15) is 5.56 Å². The molecule has 2 amide bonds. The van der Waals surface area contributed by atoms with Gasteiger partial charge in [-0.2, -0.15) is 0 Å². The summed E-state index contributed by atoms with van der Waals surface area (Å²) in [5.74, 6) is 0. The Balaban J connectivity index is 2.10. The molecule has 0 unspecified atom stereocenters. The Bertz CT molecular complexity index is 621. The molecule has 0 heterocycles. The first-order chi connectivity index (χ1) is 9.45. The van der Waals surface area contributed by atoms with Gasteiger partial charge in [0.1, 0.15) is 0 Å². The number of anilines is 2. The van der Waals surface area contributed by atoms with Crippen molar-refractivity contribution in [2.75, 3.05) is 10.6 Å². The van der Waals surface area contributed by atoms with Gasteiger partial charge in [0.2, 0.25) is 0 Å². The second-order valence-corrected chi connectivity index (χ2v) is 6.37. The van der Waals surface area contributed by atoms with E-state index in [2.05, 4.69) is 42.5 Å². The summed E-state index contributed by atoms with van der Waals surface area (Å²) in [6, 6.07) is 10.4. The molecule has 0 spiro atoms. The molecule has 2 aromatic carbocycles. The van der Waals surface area contributed by atoms with Gasteiger partial charge in [0.15, 0.2) is 0 Å². The number of nitrogens with one attached hydrogen (secondary N) is 2. The third-order valence-electron chi connectivity index (χ3n) is 2.59. The molecule has 20 heavy (non-hydrogen) atoms. The van der Waals surface area contributed by atoms with Gasteiger partial charge in [0, 0.05) is 19.7 Å². The average Bonchev–Trinajstić information content (AvgIpc) is 2.36. The third-order valence-corrected chi connectivity index (χ3v) is 3.93. The fraction of sp³-hybridized carbons (Fsp3) is 0.0714. The molecule has 6 heteroatoms. The van der Waals surface area contributed by atoms with Crippen LogP contribution in [0.15, 0.2) is 45.3 Å². The number of carbonyl (C=O) groups is 1. The number of rotatable bonds is 2. The first kappa shape index (κ1) is 15.4.